The molecule has 0 aliphatic carbocycles. The van der Waals surface area contributed by atoms with E-state index < -0.39 is 0 Å². The van der Waals surface area contributed by atoms with Crippen LogP contribution in [0.2, 0.25) is 0 Å². The lowest BCUT2D eigenvalue weighted by Gasteiger charge is -2.19. The summed E-state index contributed by atoms with van der Waals surface area (Å²) >= 11 is 0. The molecule has 3 nitrogen and oxygen atoms in total. The molecule has 0 fully saturated rings. The zero-order valence-electron chi connectivity index (χ0n) is 11.2. The molecule has 1 aromatic rings. The largest absolute Gasteiger partial charge is 0.350 e. The van der Waals surface area contributed by atoms with Crippen molar-refractivity contribution < 1.29 is 9.18 Å². The highest BCUT2D eigenvalue weighted by Crippen LogP contribution is 2.14. The number of rotatable bonds is 5. The highest BCUT2D eigenvalue weighted by atomic mass is 19.1. The number of hydrogen-bond acceptors (Lipinski definition) is 2. The molecule has 0 aliphatic rings. The zero-order chi connectivity index (χ0) is 13.8. The second kappa shape index (κ2) is 5.96. The fraction of sp³-hybridized carbons (Fsp3) is 0.500. The first-order chi connectivity index (χ1) is 8.28. The van der Waals surface area contributed by atoms with Gasteiger partial charge in [-0.15, -0.1) is 0 Å². The maximum Gasteiger partial charge on any atom is 0.220 e. The van der Waals surface area contributed by atoms with E-state index in [0.29, 0.717) is 12.8 Å². The van der Waals surface area contributed by atoms with Gasteiger partial charge in [-0.05, 0) is 44.9 Å². The summed E-state index contributed by atoms with van der Waals surface area (Å²) in [5.74, 6) is -0.312. The van der Waals surface area contributed by atoms with Crippen LogP contribution in [0.1, 0.15) is 45.2 Å². The van der Waals surface area contributed by atoms with Gasteiger partial charge in [0.05, 0.1) is 6.04 Å². The monoisotopic (exact) mass is 252 g/mol. The van der Waals surface area contributed by atoms with Crippen LogP contribution in [0.15, 0.2) is 24.3 Å². The summed E-state index contributed by atoms with van der Waals surface area (Å²) in [5, 5.41) is 2.87. The van der Waals surface area contributed by atoms with Crippen molar-refractivity contribution in [2.45, 2.75) is 45.2 Å². The van der Waals surface area contributed by atoms with Crippen molar-refractivity contribution in [1.82, 2.24) is 5.32 Å². The number of carbonyl (C=O) groups excluding carboxylic acids is 1. The lowest BCUT2D eigenvalue weighted by molar-refractivity contribution is -0.122. The number of hydrogen-bond donors (Lipinski definition) is 2. The molecule has 3 N–H and O–H groups in total. The van der Waals surface area contributed by atoms with E-state index >= 15 is 0 Å². The van der Waals surface area contributed by atoms with Crippen molar-refractivity contribution in [3.05, 3.63) is 35.6 Å². The van der Waals surface area contributed by atoms with Crippen molar-refractivity contribution in [3.8, 4) is 0 Å². The minimum atomic E-state index is -0.337. The molecule has 1 aromatic carbocycles. The minimum Gasteiger partial charge on any atom is -0.350 e. The van der Waals surface area contributed by atoms with Gasteiger partial charge < -0.3 is 11.1 Å². The van der Waals surface area contributed by atoms with E-state index in [1.807, 2.05) is 20.8 Å². The molecule has 1 amide bonds. The third kappa shape index (κ3) is 5.27. The number of nitrogens with two attached hydrogens (primary N) is 1. The third-order valence-electron chi connectivity index (χ3n) is 2.74. The van der Waals surface area contributed by atoms with Gasteiger partial charge in [-0.3, -0.25) is 4.79 Å². The van der Waals surface area contributed by atoms with Gasteiger partial charge in [0, 0.05) is 12.0 Å². The fourth-order valence-electron chi connectivity index (χ4n) is 1.58. The number of halogens is 1. The summed E-state index contributed by atoms with van der Waals surface area (Å²) in [6.07, 6.45) is 1.03. The van der Waals surface area contributed by atoms with E-state index in [9.17, 15) is 9.18 Å². The van der Waals surface area contributed by atoms with Crippen LogP contribution in [0.25, 0.3) is 0 Å². The smallest absolute Gasteiger partial charge is 0.220 e. The van der Waals surface area contributed by atoms with Gasteiger partial charge in [0.25, 0.3) is 0 Å². The van der Waals surface area contributed by atoms with Crippen molar-refractivity contribution in [2.24, 2.45) is 5.73 Å². The van der Waals surface area contributed by atoms with Crippen LogP contribution >= 0.6 is 0 Å². The quantitative estimate of drug-likeness (QED) is 0.846. The molecule has 0 spiro atoms. The summed E-state index contributed by atoms with van der Waals surface area (Å²) in [6, 6.07) is 6.00. The minimum absolute atomic E-state index is 0.0367. The van der Waals surface area contributed by atoms with Gasteiger partial charge in [-0.2, -0.15) is 0 Å². The summed E-state index contributed by atoms with van der Waals surface area (Å²) in [4.78, 5) is 11.7. The molecule has 0 unspecified atom stereocenters. The molecule has 0 aliphatic heterocycles. The van der Waals surface area contributed by atoms with Crippen LogP contribution < -0.4 is 11.1 Å². The highest BCUT2D eigenvalue weighted by Gasteiger charge is 2.15. The molecule has 100 valence electrons. The van der Waals surface area contributed by atoms with Crippen LogP contribution in [-0.2, 0) is 4.79 Å². The molecule has 18 heavy (non-hydrogen) atoms. The Labute approximate surface area is 108 Å². The second-order valence-electron chi connectivity index (χ2n) is 5.33. The average Bonchev–Trinajstić information content (AvgIpc) is 2.26. The van der Waals surface area contributed by atoms with E-state index in [2.05, 4.69) is 5.32 Å². The Morgan fingerprint density at radius 3 is 2.44 bits per heavy atom. The van der Waals surface area contributed by atoms with Crippen LogP contribution in [-0.4, -0.2) is 11.4 Å². The topological polar surface area (TPSA) is 55.1 Å². The van der Waals surface area contributed by atoms with Crippen molar-refractivity contribution >= 4 is 5.91 Å². The molecular formula is C14H21FN2O. The van der Waals surface area contributed by atoms with Crippen LogP contribution in [0.4, 0.5) is 4.39 Å². The Hall–Kier alpha value is -1.42. The highest BCUT2D eigenvalue weighted by molar-refractivity contribution is 5.76. The van der Waals surface area contributed by atoms with E-state index in [1.54, 1.807) is 12.1 Å². The zero-order valence-corrected chi connectivity index (χ0v) is 11.2. The first-order valence-electron chi connectivity index (χ1n) is 6.11. The summed E-state index contributed by atoms with van der Waals surface area (Å²) < 4.78 is 12.8. The molecule has 0 saturated carbocycles. The Bertz CT molecular complexity index is 395. The van der Waals surface area contributed by atoms with Crippen LogP contribution in [0.5, 0.6) is 0 Å². The predicted octanol–water partition coefficient (Wildman–Crippen LogP) is 2.52. The van der Waals surface area contributed by atoms with Crippen molar-refractivity contribution in [1.29, 1.82) is 0 Å². The van der Waals surface area contributed by atoms with Gasteiger partial charge in [-0.25, -0.2) is 4.39 Å². The molecule has 0 saturated heterocycles. The Kier molecular flexibility index (Phi) is 4.84. The standard InChI is InChI=1S/C14H21FN2O/c1-10(11-4-6-12(15)7-5-11)17-13(18)8-9-14(2,3)16/h4-7,10H,8-9,16H2,1-3H3,(H,17,18)/t10-/m1/s1. The Morgan fingerprint density at radius 1 is 1.39 bits per heavy atom. The predicted molar refractivity (Wildman–Crippen MR) is 70.5 cm³/mol. The lowest BCUT2D eigenvalue weighted by Crippen LogP contribution is -2.35. The van der Waals surface area contributed by atoms with Crippen LogP contribution in [0.3, 0.4) is 0 Å². The van der Waals surface area contributed by atoms with E-state index in [1.165, 1.54) is 12.1 Å². The summed E-state index contributed by atoms with van der Waals surface area (Å²) in [7, 11) is 0. The van der Waals surface area contributed by atoms with Gasteiger partial charge in [-0.1, -0.05) is 12.1 Å². The molecule has 0 radical (unpaired) electrons. The second-order valence-corrected chi connectivity index (χ2v) is 5.33. The van der Waals surface area contributed by atoms with Crippen molar-refractivity contribution in [3.63, 3.8) is 0 Å². The molecular weight excluding hydrogens is 231 g/mol. The number of benzene rings is 1. The number of amides is 1. The van der Waals surface area contributed by atoms with Gasteiger partial charge in [0.15, 0.2) is 0 Å². The number of nitrogens with one attached hydrogen (secondary N) is 1. The first kappa shape index (κ1) is 14.6. The van der Waals surface area contributed by atoms with E-state index in [-0.39, 0.29) is 23.3 Å². The van der Waals surface area contributed by atoms with Crippen molar-refractivity contribution in [2.75, 3.05) is 0 Å². The van der Waals surface area contributed by atoms with Gasteiger partial charge in [0.1, 0.15) is 5.82 Å². The fourth-order valence-corrected chi connectivity index (χ4v) is 1.58. The Morgan fingerprint density at radius 2 is 1.94 bits per heavy atom. The first-order valence-corrected chi connectivity index (χ1v) is 6.11. The Balaban J connectivity index is 2.47. The maximum atomic E-state index is 12.8. The average molecular weight is 252 g/mol. The number of carbonyl (C=O) groups is 1. The molecule has 1 rings (SSSR count). The summed E-state index contributed by atoms with van der Waals surface area (Å²) in [6.45, 7) is 5.66. The normalized spacial score (nSPS) is 13.2. The van der Waals surface area contributed by atoms with E-state index in [0.717, 1.165) is 5.56 Å². The molecule has 0 bridgehead atoms. The molecule has 1 atom stereocenters. The lowest BCUT2D eigenvalue weighted by atomic mass is 9.99. The van der Waals surface area contributed by atoms with E-state index in [4.69, 9.17) is 5.73 Å². The SMILES string of the molecule is C[C@@H](NC(=O)CCC(C)(C)N)c1ccc(F)cc1. The molecule has 4 heteroatoms. The van der Waals surface area contributed by atoms with Gasteiger partial charge >= 0.3 is 0 Å². The molecule has 0 aromatic heterocycles. The molecule has 0 heterocycles. The maximum absolute atomic E-state index is 12.8. The van der Waals surface area contributed by atoms with Crippen LogP contribution in [0, 0.1) is 5.82 Å². The third-order valence-corrected chi connectivity index (χ3v) is 2.74. The van der Waals surface area contributed by atoms with Gasteiger partial charge in [0.2, 0.25) is 5.91 Å². The summed E-state index contributed by atoms with van der Waals surface area (Å²) in [5.41, 5.74) is 6.37.